The number of alkyl halides is 5. The van der Waals surface area contributed by atoms with Crippen molar-refractivity contribution in [1.82, 2.24) is 4.98 Å². The molecule has 0 fully saturated rings. The molecule has 0 aliphatic carbocycles. The van der Waals surface area contributed by atoms with Gasteiger partial charge >= 0.3 is 12.1 Å². The quantitative estimate of drug-likeness (QED) is 0.602. The lowest BCUT2D eigenvalue weighted by Gasteiger charge is -2.14. The third-order valence-electron chi connectivity index (χ3n) is 2.18. The fourth-order valence-electron chi connectivity index (χ4n) is 1.45. The summed E-state index contributed by atoms with van der Waals surface area (Å²) >= 11 is 2.65. The van der Waals surface area contributed by atoms with E-state index in [0.717, 1.165) is 6.07 Å². The zero-order chi connectivity index (χ0) is 15.5. The topological polar surface area (TPSA) is 39.2 Å². The average Bonchev–Trinajstić information content (AvgIpc) is 2.26. The van der Waals surface area contributed by atoms with Crippen molar-refractivity contribution in [1.29, 1.82) is 0 Å². The van der Waals surface area contributed by atoms with Crippen LogP contribution >= 0.6 is 15.9 Å². The van der Waals surface area contributed by atoms with Gasteiger partial charge < -0.3 is 4.74 Å². The number of esters is 1. The summed E-state index contributed by atoms with van der Waals surface area (Å²) in [5, 5.41) is 0. The number of hydrogen-bond donors (Lipinski definition) is 0. The van der Waals surface area contributed by atoms with E-state index in [9.17, 15) is 26.7 Å². The van der Waals surface area contributed by atoms with Gasteiger partial charge in [0.1, 0.15) is 0 Å². The van der Waals surface area contributed by atoms with Crippen molar-refractivity contribution in [2.45, 2.75) is 25.9 Å². The molecular formula is C11H9BrF5NO2. The molecule has 0 amide bonds. The highest BCUT2D eigenvalue weighted by molar-refractivity contribution is 9.10. The number of ether oxygens (including phenoxy) is 1. The maximum Gasteiger partial charge on any atom is 0.433 e. The predicted octanol–water partition coefficient (Wildman–Crippen LogP) is 3.91. The molecule has 1 aromatic heterocycles. The highest BCUT2D eigenvalue weighted by Gasteiger charge is 2.39. The summed E-state index contributed by atoms with van der Waals surface area (Å²) in [6, 6.07) is 0.952. The van der Waals surface area contributed by atoms with Gasteiger partial charge in [-0.05, 0) is 13.0 Å². The Bertz CT molecular complexity index is 504. The normalized spacial score (nSPS) is 11.8. The molecule has 1 aromatic rings. The van der Waals surface area contributed by atoms with Gasteiger partial charge in [-0.3, -0.25) is 4.79 Å². The predicted molar refractivity (Wildman–Crippen MR) is 62.2 cm³/mol. The molecule has 0 aliphatic heterocycles. The van der Waals surface area contributed by atoms with Crippen LogP contribution in [0, 0.1) is 0 Å². The van der Waals surface area contributed by atoms with Gasteiger partial charge in [-0.1, -0.05) is 15.9 Å². The summed E-state index contributed by atoms with van der Waals surface area (Å²) < 4.78 is 67.6. The molecule has 0 saturated heterocycles. The minimum atomic E-state index is -5.04. The lowest BCUT2D eigenvalue weighted by Crippen LogP contribution is -2.16. The second-order valence-corrected chi connectivity index (χ2v) is 4.49. The first-order valence-electron chi connectivity index (χ1n) is 5.37. The van der Waals surface area contributed by atoms with E-state index >= 15 is 0 Å². The molecule has 0 spiro atoms. The van der Waals surface area contributed by atoms with Crippen LogP contribution in [0.25, 0.3) is 0 Å². The van der Waals surface area contributed by atoms with E-state index < -0.39 is 40.7 Å². The van der Waals surface area contributed by atoms with Crippen molar-refractivity contribution in [3.8, 4) is 0 Å². The molecule has 0 radical (unpaired) electrons. The van der Waals surface area contributed by atoms with E-state index in [1.165, 1.54) is 6.92 Å². The Morgan fingerprint density at radius 1 is 1.45 bits per heavy atom. The Hall–Kier alpha value is -1.25. The lowest BCUT2D eigenvalue weighted by atomic mass is 10.1. The molecule has 20 heavy (non-hydrogen) atoms. The molecule has 0 N–H and O–H groups in total. The van der Waals surface area contributed by atoms with Gasteiger partial charge in [0.25, 0.3) is 6.43 Å². The molecule has 0 aliphatic rings. The van der Waals surface area contributed by atoms with E-state index in [-0.39, 0.29) is 12.3 Å². The van der Waals surface area contributed by atoms with Gasteiger partial charge in [0.15, 0.2) is 5.69 Å². The maximum absolute atomic E-state index is 12.7. The third-order valence-corrected chi connectivity index (χ3v) is 2.83. The number of rotatable bonds is 4. The summed E-state index contributed by atoms with van der Waals surface area (Å²) in [5.74, 6) is -0.787. The summed E-state index contributed by atoms with van der Waals surface area (Å²) in [6.45, 7) is 1.59. The van der Waals surface area contributed by atoms with Gasteiger partial charge in [0, 0.05) is 4.47 Å². The largest absolute Gasteiger partial charge is 0.466 e. The van der Waals surface area contributed by atoms with Crippen molar-refractivity contribution in [3.63, 3.8) is 0 Å². The Labute approximate surface area is 119 Å². The number of hydrogen-bond acceptors (Lipinski definition) is 3. The molecule has 0 atom stereocenters. The van der Waals surface area contributed by atoms with Crippen molar-refractivity contribution < 1.29 is 31.5 Å². The highest BCUT2D eigenvalue weighted by atomic mass is 79.9. The average molecular weight is 362 g/mol. The van der Waals surface area contributed by atoms with E-state index in [2.05, 4.69) is 25.7 Å². The fraction of sp³-hybridized carbons (Fsp3) is 0.455. The number of halogens is 6. The van der Waals surface area contributed by atoms with Gasteiger partial charge in [0.05, 0.1) is 24.3 Å². The monoisotopic (exact) mass is 361 g/mol. The number of nitrogens with zero attached hydrogens (tertiary/aromatic N) is 1. The standard InChI is InChI=1S/C11H9BrF5NO2/c1-2-20-7(19)4-5-3-6(12)8(10(13)14)9(18-5)11(15,16)17/h3,10H,2,4H2,1H3. The first-order chi connectivity index (χ1) is 9.16. The van der Waals surface area contributed by atoms with Gasteiger partial charge in [-0.25, -0.2) is 13.8 Å². The van der Waals surface area contributed by atoms with Crippen LogP contribution in [0.5, 0.6) is 0 Å². The molecule has 1 rings (SSSR count). The molecular weight excluding hydrogens is 353 g/mol. The van der Waals surface area contributed by atoms with Gasteiger partial charge in [-0.15, -0.1) is 0 Å². The van der Waals surface area contributed by atoms with Crippen molar-refractivity contribution >= 4 is 21.9 Å². The Morgan fingerprint density at radius 3 is 2.50 bits per heavy atom. The second-order valence-electron chi connectivity index (χ2n) is 3.64. The zero-order valence-electron chi connectivity index (χ0n) is 10.1. The maximum atomic E-state index is 12.7. The fourth-order valence-corrected chi connectivity index (χ4v) is 2.07. The number of carbonyl (C=O) groups is 1. The number of carbonyl (C=O) groups excluding carboxylic acids is 1. The summed E-state index contributed by atoms with van der Waals surface area (Å²) in [4.78, 5) is 14.3. The minimum absolute atomic E-state index is 0.0568. The van der Waals surface area contributed by atoms with Crippen LogP contribution in [0.2, 0.25) is 0 Å². The van der Waals surface area contributed by atoms with Crippen molar-refractivity contribution in [2.24, 2.45) is 0 Å². The van der Waals surface area contributed by atoms with Crippen LogP contribution in [0.3, 0.4) is 0 Å². The highest BCUT2D eigenvalue weighted by Crippen LogP contribution is 2.39. The smallest absolute Gasteiger partial charge is 0.433 e. The number of aromatic nitrogens is 1. The first-order valence-corrected chi connectivity index (χ1v) is 6.16. The second kappa shape index (κ2) is 6.47. The van der Waals surface area contributed by atoms with E-state index in [1.54, 1.807) is 0 Å². The van der Waals surface area contributed by atoms with Crippen LogP contribution in [-0.4, -0.2) is 17.6 Å². The van der Waals surface area contributed by atoms with Crippen LogP contribution in [0.1, 0.15) is 30.3 Å². The summed E-state index contributed by atoms with van der Waals surface area (Å²) in [6.07, 6.45) is -8.91. The molecule has 9 heteroatoms. The van der Waals surface area contributed by atoms with Crippen LogP contribution in [-0.2, 0) is 22.1 Å². The van der Waals surface area contributed by atoms with E-state index in [0.29, 0.717) is 0 Å². The van der Waals surface area contributed by atoms with Crippen LogP contribution in [0.15, 0.2) is 10.5 Å². The third kappa shape index (κ3) is 4.12. The Balaban J connectivity index is 3.25. The van der Waals surface area contributed by atoms with Crippen molar-refractivity contribution in [3.05, 3.63) is 27.5 Å². The summed E-state index contributed by atoms with van der Waals surface area (Å²) in [7, 11) is 0. The molecule has 3 nitrogen and oxygen atoms in total. The van der Waals surface area contributed by atoms with Crippen LogP contribution < -0.4 is 0 Å². The molecule has 0 saturated carbocycles. The molecule has 112 valence electrons. The van der Waals surface area contributed by atoms with Crippen LogP contribution in [0.4, 0.5) is 22.0 Å². The van der Waals surface area contributed by atoms with E-state index in [4.69, 9.17) is 0 Å². The van der Waals surface area contributed by atoms with Crippen molar-refractivity contribution in [2.75, 3.05) is 6.61 Å². The minimum Gasteiger partial charge on any atom is -0.466 e. The lowest BCUT2D eigenvalue weighted by molar-refractivity contribution is -0.145. The number of pyridine rings is 1. The molecule has 0 bridgehead atoms. The molecule has 0 aromatic carbocycles. The Kier molecular flexibility index (Phi) is 5.43. The van der Waals surface area contributed by atoms with Gasteiger partial charge in [-0.2, -0.15) is 13.2 Å². The Morgan fingerprint density at radius 2 is 2.05 bits per heavy atom. The first kappa shape index (κ1) is 16.8. The SMILES string of the molecule is CCOC(=O)Cc1cc(Br)c(C(F)F)c(C(F)(F)F)n1. The molecule has 1 heterocycles. The van der Waals surface area contributed by atoms with Gasteiger partial charge in [0.2, 0.25) is 0 Å². The molecule has 0 unspecified atom stereocenters. The zero-order valence-corrected chi connectivity index (χ0v) is 11.7. The van der Waals surface area contributed by atoms with E-state index in [1.807, 2.05) is 0 Å². The summed E-state index contributed by atoms with van der Waals surface area (Å²) in [5.41, 5.74) is -3.25.